The lowest BCUT2D eigenvalue weighted by Gasteiger charge is -2.34. The van der Waals surface area contributed by atoms with Gasteiger partial charge in [-0.2, -0.15) is 5.10 Å². The molecule has 0 bridgehead atoms. The lowest BCUT2D eigenvalue weighted by molar-refractivity contribution is 0.0623. The first-order valence-corrected chi connectivity index (χ1v) is 9.94. The standard InChI is InChI=1S/C16H20BrClN4OS/c1-10(2)14-13(17)15(20-19-14)16(23)22-7-5-21(6-8-22)9-11-3-4-12(18)24-11/h3-4,10H,5-9H2,1-2H3,(H,19,20). The minimum atomic E-state index is -0.0103. The topological polar surface area (TPSA) is 52.2 Å². The Balaban J connectivity index is 1.59. The minimum absolute atomic E-state index is 0.0103. The molecular weight excluding hydrogens is 412 g/mol. The van der Waals surface area contributed by atoms with Gasteiger partial charge in [0.2, 0.25) is 0 Å². The van der Waals surface area contributed by atoms with Crippen LogP contribution in [-0.2, 0) is 6.54 Å². The summed E-state index contributed by atoms with van der Waals surface area (Å²) in [6, 6.07) is 4.00. The van der Waals surface area contributed by atoms with E-state index in [1.165, 1.54) is 4.88 Å². The van der Waals surface area contributed by atoms with Crippen molar-refractivity contribution in [2.45, 2.75) is 26.3 Å². The number of carbonyl (C=O) groups excluding carboxylic acids is 1. The van der Waals surface area contributed by atoms with E-state index in [-0.39, 0.29) is 5.91 Å². The number of hydrogen-bond acceptors (Lipinski definition) is 4. The van der Waals surface area contributed by atoms with Crippen molar-refractivity contribution in [3.05, 3.63) is 37.2 Å². The van der Waals surface area contributed by atoms with Crippen LogP contribution in [-0.4, -0.2) is 52.1 Å². The lowest BCUT2D eigenvalue weighted by Crippen LogP contribution is -2.48. The molecule has 1 amide bonds. The van der Waals surface area contributed by atoms with Gasteiger partial charge < -0.3 is 4.90 Å². The van der Waals surface area contributed by atoms with E-state index in [1.54, 1.807) is 11.3 Å². The van der Waals surface area contributed by atoms with Crippen molar-refractivity contribution in [2.75, 3.05) is 26.2 Å². The second-order valence-corrected chi connectivity index (χ2v) is 8.82. The van der Waals surface area contributed by atoms with Crippen LogP contribution in [0.3, 0.4) is 0 Å². The van der Waals surface area contributed by atoms with E-state index >= 15 is 0 Å². The summed E-state index contributed by atoms with van der Waals surface area (Å²) >= 11 is 11.1. The van der Waals surface area contributed by atoms with E-state index in [4.69, 9.17) is 11.6 Å². The zero-order valence-corrected chi connectivity index (χ0v) is 16.8. The van der Waals surface area contributed by atoms with E-state index in [2.05, 4.69) is 50.9 Å². The third kappa shape index (κ3) is 3.85. The predicted octanol–water partition coefficient (Wildman–Crippen LogP) is 3.97. The normalized spacial score (nSPS) is 16.1. The molecule has 0 aliphatic carbocycles. The third-order valence-electron chi connectivity index (χ3n) is 4.18. The van der Waals surface area contributed by atoms with Crippen molar-refractivity contribution >= 4 is 44.8 Å². The third-order valence-corrected chi connectivity index (χ3v) is 6.20. The average Bonchev–Trinajstić information content (AvgIpc) is 3.13. The second-order valence-electron chi connectivity index (χ2n) is 6.23. The number of piperazine rings is 1. The van der Waals surface area contributed by atoms with E-state index in [0.29, 0.717) is 24.7 Å². The van der Waals surface area contributed by atoms with Crippen LogP contribution in [0, 0.1) is 0 Å². The van der Waals surface area contributed by atoms with Gasteiger partial charge in [-0.3, -0.25) is 14.8 Å². The molecule has 0 spiro atoms. The molecule has 2 aromatic rings. The molecule has 0 saturated carbocycles. The first kappa shape index (κ1) is 17.9. The van der Waals surface area contributed by atoms with Crippen molar-refractivity contribution < 1.29 is 4.79 Å². The Morgan fingerprint density at radius 2 is 2.08 bits per heavy atom. The fourth-order valence-corrected chi connectivity index (χ4v) is 4.72. The van der Waals surface area contributed by atoms with Crippen LogP contribution < -0.4 is 0 Å². The number of aromatic nitrogens is 2. The molecule has 1 aliphatic heterocycles. The number of rotatable bonds is 4. The van der Waals surface area contributed by atoms with Gasteiger partial charge in [0, 0.05) is 37.6 Å². The number of nitrogens with one attached hydrogen (secondary N) is 1. The van der Waals surface area contributed by atoms with E-state index in [1.807, 2.05) is 11.0 Å². The van der Waals surface area contributed by atoms with Crippen LogP contribution in [0.1, 0.15) is 40.8 Å². The SMILES string of the molecule is CC(C)c1[nH]nc(C(=O)N2CCN(Cc3ccc(Cl)s3)CC2)c1Br. The largest absolute Gasteiger partial charge is 0.335 e. The second kappa shape index (κ2) is 7.56. The molecule has 0 radical (unpaired) electrons. The van der Waals surface area contributed by atoms with E-state index in [9.17, 15) is 4.79 Å². The Kier molecular flexibility index (Phi) is 5.64. The maximum atomic E-state index is 12.7. The van der Waals surface area contributed by atoms with Gasteiger partial charge >= 0.3 is 0 Å². The van der Waals surface area contributed by atoms with E-state index in [0.717, 1.165) is 34.1 Å². The van der Waals surface area contributed by atoms with Crippen molar-refractivity contribution in [3.8, 4) is 0 Å². The number of halogens is 2. The molecule has 1 aliphatic rings. The van der Waals surface area contributed by atoms with Crippen molar-refractivity contribution in [3.63, 3.8) is 0 Å². The summed E-state index contributed by atoms with van der Waals surface area (Å²) in [5, 5.41) is 7.18. The molecule has 8 heteroatoms. The number of amides is 1. The van der Waals surface area contributed by atoms with Crippen LogP contribution in [0.15, 0.2) is 16.6 Å². The van der Waals surface area contributed by atoms with Crippen molar-refractivity contribution in [1.29, 1.82) is 0 Å². The number of nitrogens with zero attached hydrogens (tertiary/aromatic N) is 3. The van der Waals surface area contributed by atoms with Crippen LogP contribution in [0.2, 0.25) is 4.34 Å². The van der Waals surface area contributed by atoms with Gasteiger partial charge in [-0.1, -0.05) is 25.4 Å². The molecule has 24 heavy (non-hydrogen) atoms. The summed E-state index contributed by atoms with van der Waals surface area (Å²) in [5.74, 6) is 0.284. The number of aromatic amines is 1. The van der Waals surface area contributed by atoms with Crippen molar-refractivity contribution in [1.82, 2.24) is 20.0 Å². The Labute approximate surface area is 159 Å². The highest BCUT2D eigenvalue weighted by Gasteiger charge is 2.27. The van der Waals surface area contributed by atoms with Gasteiger partial charge in [-0.25, -0.2) is 0 Å². The molecule has 130 valence electrons. The zero-order valence-electron chi connectivity index (χ0n) is 13.7. The highest BCUT2D eigenvalue weighted by Crippen LogP contribution is 2.27. The fraction of sp³-hybridized carbons (Fsp3) is 0.500. The molecule has 3 heterocycles. The smallest absolute Gasteiger partial charge is 0.275 e. The van der Waals surface area contributed by atoms with Gasteiger partial charge in [0.05, 0.1) is 14.5 Å². The van der Waals surface area contributed by atoms with Crippen LogP contribution in [0.5, 0.6) is 0 Å². The van der Waals surface area contributed by atoms with Gasteiger partial charge in [0.25, 0.3) is 5.91 Å². The minimum Gasteiger partial charge on any atom is -0.335 e. The quantitative estimate of drug-likeness (QED) is 0.797. The molecule has 0 aromatic carbocycles. The van der Waals surface area contributed by atoms with E-state index < -0.39 is 0 Å². The highest BCUT2D eigenvalue weighted by atomic mass is 79.9. The van der Waals surface area contributed by atoms with Gasteiger partial charge in [0.1, 0.15) is 0 Å². The zero-order chi connectivity index (χ0) is 17.3. The Morgan fingerprint density at radius 3 is 2.62 bits per heavy atom. The molecule has 1 fully saturated rings. The van der Waals surface area contributed by atoms with Crippen LogP contribution in [0.25, 0.3) is 0 Å². The summed E-state index contributed by atoms with van der Waals surface area (Å²) in [6.07, 6.45) is 0. The molecule has 0 atom stereocenters. The summed E-state index contributed by atoms with van der Waals surface area (Å²) in [4.78, 5) is 18.2. The molecule has 3 rings (SSSR count). The first-order chi connectivity index (χ1) is 11.5. The average molecular weight is 432 g/mol. The monoisotopic (exact) mass is 430 g/mol. The van der Waals surface area contributed by atoms with Gasteiger partial charge in [0.15, 0.2) is 5.69 Å². The lowest BCUT2D eigenvalue weighted by atomic mass is 10.1. The Morgan fingerprint density at radius 1 is 1.38 bits per heavy atom. The molecule has 1 saturated heterocycles. The van der Waals surface area contributed by atoms with Crippen LogP contribution in [0.4, 0.5) is 0 Å². The predicted molar refractivity (Wildman–Crippen MR) is 101 cm³/mol. The summed E-state index contributed by atoms with van der Waals surface area (Å²) in [5.41, 5.74) is 1.45. The molecule has 0 unspecified atom stereocenters. The fourth-order valence-electron chi connectivity index (χ4n) is 2.78. The number of carbonyl (C=O) groups is 1. The molecule has 5 nitrogen and oxygen atoms in total. The summed E-state index contributed by atoms with van der Waals surface area (Å²) < 4.78 is 1.61. The number of H-pyrrole nitrogens is 1. The van der Waals surface area contributed by atoms with Gasteiger partial charge in [-0.05, 0) is 34.0 Å². The number of thiophene rings is 1. The van der Waals surface area contributed by atoms with Gasteiger partial charge in [-0.15, -0.1) is 11.3 Å². The molecule has 1 N–H and O–H groups in total. The highest BCUT2D eigenvalue weighted by molar-refractivity contribution is 9.10. The first-order valence-electron chi connectivity index (χ1n) is 7.95. The number of hydrogen-bond donors (Lipinski definition) is 1. The Hall–Kier alpha value is -0.890. The molecule has 2 aromatic heterocycles. The maximum Gasteiger partial charge on any atom is 0.275 e. The maximum absolute atomic E-state index is 12.7. The summed E-state index contributed by atoms with van der Waals surface area (Å²) in [6.45, 7) is 8.19. The van der Waals surface area contributed by atoms with Crippen molar-refractivity contribution in [2.24, 2.45) is 0 Å². The molecular formula is C16H20BrClN4OS. The van der Waals surface area contributed by atoms with Crippen LogP contribution >= 0.6 is 38.9 Å². The summed E-state index contributed by atoms with van der Waals surface area (Å²) in [7, 11) is 0. The Bertz CT molecular complexity index is 721.